The van der Waals surface area contributed by atoms with E-state index >= 15 is 0 Å². The molecule has 0 heterocycles. The van der Waals surface area contributed by atoms with Crippen LogP contribution in [0.15, 0.2) is 0 Å². The van der Waals surface area contributed by atoms with Crippen LogP contribution < -0.4 is 0 Å². The molecule has 0 aliphatic heterocycles. The summed E-state index contributed by atoms with van der Waals surface area (Å²) in [6, 6.07) is 1.39. The van der Waals surface area contributed by atoms with Crippen LogP contribution >= 0.6 is 0 Å². The van der Waals surface area contributed by atoms with Crippen molar-refractivity contribution in [1.82, 2.24) is 0 Å². The second-order valence-electron chi connectivity index (χ2n) is 4.79. The maximum Gasteiger partial charge on any atom is 0.184 e. The molecule has 0 amide bonds. The Morgan fingerprint density at radius 3 is 2.08 bits per heavy atom. The number of hydrogen-bond acceptors (Lipinski definition) is 1. The van der Waals surface area contributed by atoms with E-state index in [1.165, 1.54) is 12.5 Å². The first kappa shape index (κ1) is 12.4. The first-order valence-corrected chi connectivity index (χ1v) is 10.9. The molecule has 0 N–H and O–H groups in total. The molecule has 0 aliphatic carbocycles. The van der Waals surface area contributed by atoms with Crippen LogP contribution in [0.25, 0.3) is 0 Å². The molecule has 0 aromatic rings. The minimum Gasteiger partial charge on any atom is -0.415 e. The fraction of sp³-hybridized carbons (Fsp3) is 1.00. The Balaban J connectivity index is 3.53. The van der Waals surface area contributed by atoms with E-state index in [0.29, 0.717) is 6.10 Å². The lowest BCUT2D eigenvalue weighted by atomic mass is 10.3. The van der Waals surface area contributed by atoms with Gasteiger partial charge in [0, 0.05) is 14.9 Å². The third-order valence-corrected chi connectivity index (χ3v) is 4.00. The predicted octanol–water partition coefficient (Wildman–Crippen LogP) is 3.37. The van der Waals surface area contributed by atoms with E-state index < -0.39 is 8.32 Å². The monoisotopic (exact) mass is 203 g/mol. The van der Waals surface area contributed by atoms with Crippen molar-refractivity contribution in [2.24, 2.45) is 0 Å². The summed E-state index contributed by atoms with van der Waals surface area (Å²) in [6.07, 6.45) is 1.74. The van der Waals surface area contributed by atoms with Crippen LogP contribution in [0.4, 0.5) is 0 Å². The van der Waals surface area contributed by atoms with Crippen LogP contribution in [0.3, 0.4) is 0 Å². The first-order chi connectivity index (χ1) is 5.31. The third kappa shape index (κ3) is 8.49. The molecule has 0 aromatic carbocycles. The molecule has 0 spiro atoms. The normalized spacial score (nSPS) is 15.2. The van der Waals surface area contributed by atoms with Crippen LogP contribution in [-0.4, -0.2) is 23.2 Å². The number of rotatable bonds is 5. The van der Waals surface area contributed by atoms with Crippen molar-refractivity contribution in [2.75, 3.05) is 0 Å². The molecule has 12 heavy (non-hydrogen) atoms. The van der Waals surface area contributed by atoms with E-state index in [2.05, 4.69) is 39.7 Å². The molecule has 0 fully saturated rings. The summed E-state index contributed by atoms with van der Waals surface area (Å²) in [5, 5.41) is 0. The lowest BCUT2D eigenvalue weighted by molar-refractivity contribution is 0.209. The molecule has 0 bridgehead atoms. The van der Waals surface area contributed by atoms with Crippen molar-refractivity contribution in [2.45, 2.75) is 58.2 Å². The van der Waals surface area contributed by atoms with Crippen molar-refractivity contribution in [1.29, 1.82) is 0 Å². The van der Waals surface area contributed by atoms with E-state index in [4.69, 9.17) is 4.43 Å². The molecule has 73 valence electrons. The summed E-state index contributed by atoms with van der Waals surface area (Å²) in [4.78, 5) is 0. The van der Waals surface area contributed by atoms with Gasteiger partial charge >= 0.3 is 0 Å². The Labute approximate surface area is 80.3 Å². The van der Waals surface area contributed by atoms with Gasteiger partial charge in [-0.25, -0.2) is 0 Å². The molecule has 0 saturated heterocycles. The van der Waals surface area contributed by atoms with Gasteiger partial charge in [-0.3, -0.25) is 0 Å². The first-order valence-electron chi connectivity index (χ1n) is 4.78. The van der Waals surface area contributed by atoms with Crippen molar-refractivity contribution in [3.05, 3.63) is 0 Å². The molecule has 1 atom stereocenters. The number of hydrogen-bond donors (Lipinski definition) is 0. The van der Waals surface area contributed by atoms with E-state index in [0.717, 1.165) is 0 Å². The lowest BCUT2D eigenvalue weighted by Gasteiger charge is -2.23. The minimum atomic E-state index is -1.28. The summed E-state index contributed by atoms with van der Waals surface area (Å²) in [7, 11) is -1.33. The maximum absolute atomic E-state index is 5.94. The van der Waals surface area contributed by atoms with Gasteiger partial charge in [0.05, 0.1) is 0 Å². The van der Waals surface area contributed by atoms with Crippen LogP contribution in [0.5, 0.6) is 0 Å². The second-order valence-corrected chi connectivity index (χ2v) is 12.2. The van der Waals surface area contributed by atoms with Crippen molar-refractivity contribution < 1.29 is 4.43 Å². The molecule has 0 aliphatic rings. The molecular weight excluding hydrogens is 180 g/mol. The highest BCUT2D eigenvalue weighted by molar-refractivity contribution is 6.69. The highest BCUT2D eigenvalue weighted by Crippen LogP contribution is 2.12. The molecular formula is C9H23OSi2. The van der Waals surface area contributed by atoms with E-state index in [1.54, 1.807) is 0 Å². The zero-order valence-electron chi connectivity index (χ0n) is 9.40. The van der Waals surface area contributed by atoms with Crippen LogP contribution in [0, 0.1) is 0 Å². The average molecular weight is 203 g/mol. The van der Waals surface area contributed by atoms with Gasteiger partial charge in [-0.2, -0.15) is 0 Å². The third-order valence-electron chi connectivity index (χ3n) is 1.61. The van der Waals surface area contributed by atoms with Gasteiger partial charge in [0.2, 0.25) is 0 Å². The topological polar surface area (TPSA) is 9.23 Å². The van der Waals surface area contributed by atoms with Crippen LogP contribution in [0.1, 0.15) is 13.3 Å². The van der Waals surface area contributed by atoms with Gasteiger partial charge in [0.25, 0.3) is 0 Å². The van der Waals surface area contributed by atoms with Gasteiger partial charge in [0.15, 0.2) is 8.32 Å². The average Bonchev–Trinajstić information content (AvgIpc) is 1.79. The predicted molar refractivity (Wildman–Crippen MR) is 60.8 cm³/mol. The molecule has 3 heteroatoms. The van der Waals surface area contributed by atoms with Crippen LogP contribution in [-0.2, 0) is 4.43 Å². The fourth-order valence-electron chi connectivity index (χ4n) is 1.15. The van der Waals surface area contributed by atoms with Crippen molar-refractivity contribution in [3.8, 4) is 0 Å². The lowest BCUT2D eigenvalue weighted by Crippen LogP contribution is -2.30. The van der Waals surface area contributed by atoms with Gasteiger partial charge in [-0.05, 0) is 33.0 Å². The molecule has 0 aromatic heterocycles. The summed E-state index contributed by atoms with van der Waals surface area (Å²) in [5.41, 5.74) is 0. The largest absolute Gasteiger partial charge is 0.415 e. The highest BCUT2D eigenvalue weighted by Gasteiger charge is 2.17. The van der Waals surface area contributed by atoms with Crippen molar-refractivity contribution >= 4 is 17.1 Å². The molecule has 0 saturated carbocycles. The quantitative estimate of drug-likeness (QED) is 0.623. The molecule has 1 unspecified atom stereocenters. The van der Waals surface area contributed by atoms with Crippen LogP contribution in [0.2, 0.25) is 38.8 Å². The fourth-order valence-corrected chi connectivity index (χ4v) is 3.46. The van der Waals surface area contributed by atoms with Gasteiger partial charge in [-0.1, -0.05) is 19.1 Å². The Hall–Kier alpha value is 0.394. The highest BCUT2D eigenvalue weighted by atomic mass is 28.4. The maximum atomic E-state index is 5.94. The Morgan fingerprint density at radius 2 is 1.75 bits per heavy atom. The summed E-state index contributed by atoms with van der Waals surface area (Å²) < 4.78 is 5.94. The van der Waals surface area contributed by atoms with Gasteiger partial charge < -0.3 is 4.43 Å². The standard InChI is InChI=1S/C9H23OSi2/c1-9(7-8-11(2)3)10-12(4,5)6/h9H,7-8H2,1-6H3. The molecule has 1 radical (unpaired) electrons. The van der Waals surface area contributed by atoms with E-state index in [9.17, 15) is 0 Å². The minimum absolute atomic E-state index is 0.0491. The van der Waals surface area contributed by atoms with Gasteiger partial charge in [0.1, 0.15) is 0 Å². The Bertz CT molecular complexity index is 118. The smallest absolute Gasteiger partial charge is 0.184 e. The van der Waals surface area contributed by atoms with Gasteiger partial charge in [-0.15, -0.1) is 0 Å². The van der Waals surface area contributed by atoms with E-state index in [-0.39, 0.29) is 8.80 Å². The van der Waals surface area contributed by atoms with E-state index in [1.807, 2.05) is 0 Å². The summed E-state index contributed by atoms with van der Waals surface area (Å²) >= 11 is 0. The molecule has 0 rings (SSSR count). The molecule has 1 nitrogen and oxygen atoms in total. The Kier molecular flexibility index (Phi) is 5.36. The summed E-state index contributed by atoms with van der Waals surface area (Å²) in [5.74, 6) is 0. The second kappa shape index (κ2) is 5.19. The zero-order chi connectivity index (χ0) is 9.78. The zero-order valence-corrected chi connectivity index (χ0v) is 11.4. The Morgan fingerprint density at radius 1 is 1.25 bits per heavy atom. The SMILES string of the molecule is CC(CC[Si](C)C)O[Si](C)(C)C. The van der Waals surface area contributed by atoms with Crippen molar-refractivity contribution in [3.63, 3.8) is 0 Å². The summed E-state index contributed by atoms with van der Waals surface area (Å²) in [6.45, 7) is 13.7.